The third kappa shape index (κ3) is 3.47. The zero-order valence-electron chi connectivity index (χ0n) is 11.7. The van der Waals surface area contributed by atoms with Gasteiger partial charge in [0.1, 0.15) is 5.70 Å². The van der Waals surface area contributed by atoms with Crippen LogP contribution in [0.15, 0.2) is 42.1 Å². The van der Waals surface area contributed by atoms with E-state index in [1.807, 2.05) is 44.2 Å². The first-order valence-corrected chi connectivity index (χ1v) is 6.68. The lowest BCUT2D eigenvalue weighted by molar-refractivity contribution is -0.135. The maximum Gasteiger partial charge on any atom is 0.352 e. The molecule has 106 valence electrons. The van der Waals surface area contributed by atoms with Gasteiger partial charge in [0.2, 0.25) is 5.91 Å². The number of nitrogens with one attached hydrogen (secondary N) is 1. The molecule has 1 aliphatic rings. The molecule has 20 heavy (non-hydrogen) atoms. The van der Waals surface area contributed by atoms with Crippen molar-refractivity contribution < 1.29 is 14.7 Å². The average Bonchev–Trinajstić information content (AvgIpc) is 3.04. The highest BCUT2D eigenvalue weighted by Gasteiger charge is 2.50. The van der Waals surface area contributed by atoms with Crippen LogP contribution >= 0.6 is 0 Å². The van der Waals surface area contributed by atoms with Crippen LogP contribution in [0.4, 0.5) is 0 Å². The van der Waals surface area contributed by atoms with Gasteiger partial charge in [-0.1, -0.05) is 44.2 Å². The van der Waals surface area contributed by atoms with Crippen LogP contribution in [0.1, 0.15) is 25.8 Å². The van der Waals surface area contributed by atoms with Gasteiger partial charge >= 0.3 is 5.97 Å². The summed E-state index contributed by atoms with van der Waals surface area (Å²) in [6, 6.07) is 9.54. The first-order chi connectivity index (χ1) is 9.40. The Bertz CT molecular complexity index is 546. The number of hydrogen-bond acceptors (Lipinski definition) is 2. The second kappa shape index (κ2) is 5.49. The lowest BCUT2D eigenvalue weighted by atomic mass is 10.1. The number of allylic oxidation sites excluding steroid dienone is 1. The van der Waals surface area contributed by atoms with Crippen molar-refractivity contribution in [3.63, 3.8) is 0 Å². The predicted molar refractivity (Wildman–Crippen MR) is 75.9 cm³/mol. The second-order valence-corrected chi connectivity index (χ2v) is 5.85. The minimum absolute atomic E-state index is 0.00682. The van der Waals surface area contributed by atoms with Crippen LogP contribution < -0.4 is 5.32 Å². The molecule has 0 heterocycles. The third-order valence-electron chi connectivity index (χ3n) is 3.70. The number of hydrogen-bond donors (Lipinski definition) is 2. The second-order valence-electron chi connectivity index (χ2n) is 5.85. The van der Waals surface area contributed by atoms with E-state index in [-0.39, 0.29) is 22.9 Å². The van der Waals surface area contributed by atoms with Crippen molar-refractivity contribution in [1.29, 1.82) is 0 Å². The summed E-state index contributed by atoms with van der Waals surface area (Å²) in [5.41, 5.74) is 0.960. The smallest absolute Gasteiger partial charge is 0.352 e. The normalized spacial score (nSPS) is 20.3. The Kier molecular flexibility index (Phi) is 3.93. The van der Waals surface area contributed by atoms with E-state index in [0.29, 0.717) is 6.42 Å². The number of benzene rings is 1. The van der Waals surface area contributed by atoms with Crippen LogP contribution in [-0.4, -0.2) is 17.0 Å². The first-order valence-electron chi connectivity index (χ1n) is 6.68. The Hall–Kier alpha value is -2.10. The van der Waals surface area contributed by atoms with Crippen molar-refractivity contribution in [2.24, 2.45) is 11.3 Å². The Labute approximate surface area is 118 Å². The highest BCUT2D eigenvalue weighted by Crippen LogP contribution is 2.51. The number of carboxylic acid groups (broad SMARTS) is 1. The number of aliphatic carboxylic acids is 1. The molecule has 1 atom stereocenters. The third-order valence-corrected chi connectivity index (χ3v) is 3.70. The fourth-order valence-corrected chi connectivity index (χ4v) is 2.16. The molecule has 1 aromatic rings. The molecule has 0 bridgehead atoms. The van der Waals surface area contributed by atoms with Crippen molar-refractivity contribution in [2.45, 2.75) is 26.7 Å². The van der Waals surface area contributed by atoms with Crippen LogP contribution in [0, 0.1) is 11.3 Å². The fraction of sp³-hybridized carbons (Fsp3) is 0.375. The van der Waals surface area contributed by atoms with Crippen LogP contribution in [0.25, 0.3) is 0 Å². The topological polar surface area (TPSA) is 66.4 Å². The van der Waals surface area contributed by atoms with Gasteiger partial charge in [0.25, 0.3) is 0 Å². The average molecular weight is 273 g/mol. The summed E-state index contributed by atoms with van der Waals surface area (Å²) in [5, 5.41) is 11.7. The molecule has 1 aliphatic carbocycles. The Morgan fingerprint density at radius 2 is 1.95 bits per heavy atom. The van der Waals surface area contributed by atoms with Gasteiger partial charge in [-0.2, -0.15) is 0 Å². The Balaban J connectivity index is 2.00. The van der Waals surface area contributed by atoms with Crippen molar-refractivity contribution in [1.82, 2.24) is 5.32 Å². The largest absolute Gasteiger partial charge is 0.477 e. The van der Waals surface area contributed by atoms with Crippen molar-refractivity contribution in [3.8, 4) is 0 Å². The molecular formula is C16H19NO3. The van der Waals surface area contributed by atoms with E-state index < -0.39 is 5.97 Å². The molecule has 1 aromatic carbocycles. The van der Waals surface area contributed by atoms with Gasteiger partial charge < -0.3 is 10.4 Å². The molecule has 1 saturated carbocycles. The standard InChI is InChI=1S/C16H19NO3/c1-16(2)10-12(16)14(18)17-13(15(19)20)9-8-11-6-4-3-5-7-11/h3-7,9,12H,8,10H2,1-2H3,(H,17,18)(H,19,20)/b13-9+. The molecule has 4 nitrogen and oxygen atoms in total. The summed E-state index contributed by atoms with van der Waals surface area (Å²) in [7, 11) is 0. The lowest BCUT2D eigenvalue weighted by Gasteiger charge is -2.07. The van der Waals surface area contributed by atoms with Crippen LogP contribution in [-0.2, 0) is 16.0 Å². The van der Waals surface area contributed by atoms with E-state index in [1.165, 1.54) is 0 Å². The molecule has 0 saturated heterocycles. The number of carboxylic acids is 1. The molecule has 1 amide bonds. The maximum absolute atomic E-state index is 11.9. The molecule has 4 heteroatoms. The summed E-state index contributed by atoms with van der Waals surface area (Å²) in [6.45, 7) is 4.01. The van der Waals surface area contributed by atoms with Gasteiger partial charge in [-0.25, -0.2) is 4.79 Å². The van der Waals surface area contributed by atoms with E-state index in [0.717, 1.165) is 12.0 Å². The predicted octanol–water partition coefficient (Wildman–Crippen LogP) is 2.36. The summed E-state index contributed by atoms with van der Waals surface area (Å²) in [6.07, 6.45) is 2.84. The molecule has 1 unspecified atom stereocenters. The first kappa shape index (κ1) is 14.3. The molecule has 1 fully saturated rings. The summed E-state index contributed by atoms with van der Waals surface area (Å²) in [4.78, 5) is 23.1. The fourth-order valence-electron chi connectivity index (χ4n) is 2.16. The zero-order valence-corrected chi connectivity index (χ0v) is 11.7. The quantitative estimate of drug-likeness (QED) is 0.809. The van der Waals surface area contributed by atoms with Crippen molar-refractivity contribution >= 4 is 11.9 Å². The Morgan fingerprint density at radius 3 is 2.45 bits per heavy atom. The molecular weight excluding hydrogens is 254 g/mol. The van der Waals surface area contributed by atoms with Gasteiger partial charge in [0.05, 0.1) is 0 Å². The van der Waals surface area contributed by atoms with Gasteiger partial charge in [0.15, 0.2) is 0 Å². The number of rotatable bonds is 5. The van der Waals surface area contributed by atoms with E-state index in [4.69, 9.17) is 5.11 Å². The molecule has 2 N–H and O–H groups in total. The van der Waals surface area contributed by atoms with E-state index >= 15 is 0 Å². The number of carbonyl (C=O) groups is 2. The Morgan fingerprint density at radius 1 is 1.35 bits per heavy atom. The number of amides is 1. The van der Waals surface area contributed by atoms with Gasteiger partial charge in [-0.05, 0) is 29.9 Å². The van der Waals surface area contributed by atoms with E-state index in [1.54, 1.807) is 6.08 Å². The molecule has 0 aliphatic heterocycles. The van der Waals surface area contributed by atoms with Gasteiger partial charge in [0, 0.05) is 5.92 Å². The van der Waals surface area contributed by atoms with Gasteiger partial charge in [-0.3, -0.25) is 4.79 Å². The van der Waals surface area contributed by atoms with Crippen molar-refractivity contribution in [3.05, 3.63) is 47.7 Å². The monoisotopic (exact) mass is 273 g/mol. The van der Waals surface area contributed by atoms with Crippen LogP contribution in [0.3, 0.4) is 0 Å². The van der Waals surface area contributed by atoms with E-state index in [2.05, 4.69) is 5.32 Å². The van der Waals surface area contributed by atoms with Crippen LogP contribution in [0.2, 0.25) is 0 Å². The molecule has 0 aromatic heterocycles. The number of carbonyl (C=O) groups excluding carboxylic acids is 1. The summed E-state index contributed by atoms with van der Waals surface area (Å²) >= 11 is 0. The SMILES string of the molecule is CC1(C)CC1C(=O)N/C(=C/Cc1ccccc1)C(=O)O. The maximum atomic E-state index is 11.9. The van der Waals surface area contributed by atoms with E-state index in [9.17, 15) is 9.59 Å². The minimum atomic E-state index is -1.10. The molecule has 2 rings (SSSR count). The minimum Gasteiger partial charge on any atom is -0.477 e. The molecule has 0 spiro atoms. The van der Waals surface area contributed by atoms with Crippen molar-refractivity contribution in [2.75, 3.05) is 0 Å². The van der Waals surface area contributed by atoms with Crippen LogP contribution in [0.5, 0.6) is 0 Å². The lowest BCUT2D eigenvalue weighted by Crippen LogP contribution is -2.29. The summed E-state index contributed by atoms with van der Waals surface area (Å²) in [5.74, 6) is -1.38. The highest BCUT2D eigenvalue weighted by molar-refractivity contribution is 5.94. The summed E-state index contributed by atoms with van der Waals surface area (Å²) < 4.78 is 0. The highest BCUT2D eigenvalue weighted by atomic mass is 16.4. The molecule has 0 radical (unpaired) electrons. The van der Waals surface area contributed by atoms with Gasteiger partial charge in [-0.15, -0.1) is 0 Å². The zero-order chi connectivity index (χ0) is 14.8.